The second-order valence-corrected chi connectivity index (χ2v) is 7.76. The van der Waals surface area contributed by atoms with Crippen molar-refractivity contribution in [2.75, 3.05) is 18.5 Å². The number of hydrogen-bond acceptors (Lipinski definition) is 7. The second-order valence-electron chi connectivity index (χ2n) is 6.66. The van der Waals surface area contributed by atoms with Crippen LogP contribution in [0.15, 0.2) is 30.3 Å². The maximum atomic E-state index is 12.2. The number of ether oxygens (including phenoxy) is 1. The molecule has 0 saturated heterocycles. The summed E-state index contributed by atoms with van der Waals surface area (Å²) in [5.41, 5.74) is 6.92. The third-order valence-electron chi connectivity index (χ3n) is 4.57. The number of fused-ring (bicyclic) bond motifs is 1. The molecule has 158 valence electrons. The first-order valence-corrected chi connectivity index (χ1v) is 10.1. The number of rotatable bonds is 8. The smallest absolute Gasteiger partial charge is 0.331 e. The number of aliphatic hydroxyl groups excluding tert-OH is 1. The van der Waals surface area contributed by atoms with Crippen LogP contribution in [0.2, 0.25) is 0 Å². The molecule has 0 spiro atoms. The Hall–Kier alpha value is -3.24. The van der Waals surface area contributed by atoms with Crippen LogP contribution >= 0.6 is 11.3 Å². The van der Waals surface area contributed by atoms with Crippen LogP contribution in [-0.2, 0) is 27.2 Å². The fourth-order valence-corrected chi connectivity index (χ4v) is 4.47. The molecule has 1 atom stereocenters. The van der Waals surface area contributed by atoms with Crippen LogP contribution in [-0.4, -0.2) is 48.1 Å². The van der Waals surface area contributed by atoms with Gasteiger partial charge in [-0.1, -0.05) is 18.2 Å². The molecule has 30 heavy (non-hydrogen) atoms. The van der Waals surface area contributed by atoms with Crippen LogP contribution in [0.25, 0.3) is 0 Å². The van der Waals surface area contributed by atoms with E-state index in [1.165, 1.54) is 11.3 Å². The maximum Gasteiger partial charge on any atom is 0.331 e. The number of benzene rings is 1. The van der Waals surface area contributed by atoms with Gasteiger partial charge in [0.15, 0.2) is 12.6 Å². The number of hydrogen-bond donors (Lipinski definition) is 4. The van der Waals surface area contributed by atoms with Gasteiger partial charge in [-0.05, 0) is 37.0 Å². The Bertz CT molecular complexity index is 972. The predicted octanol–water partition coefficient (Wildman–Crippen LogP) is 0.608. The van der Waals surface area contributed by atoms with Crippen LogP contribution in [0.5, 0.6) is 0 Å². The van der Waals surface area contributed by atoms with Crippen molar-refractivity contribution in [2.24, 2.45) is 5.73 Å². The van der Waals surface area contributed by atoms with E-state index in [9.17, 15) is 24.3 Å². The van der Waals surface area contributed by atoms with Crippen LogP contribution < -0.4 is 16.4 Å². The van der Waals surface area contributed by atoms with Crippen molar-refractivity contribution in [1.82, 2.24) is 5.32 Å². The van der Waals surface area contributed by atoms with Gasteiger partial charge in [-0.25, -0.2) is 4.79 Å². The summed E-state index contributed by atoms with van der Waals surface area (Å²) >= 11 is 1.29. The number of carbonyl (C=O) groups is 4. The molecule has 1 aliphatic rings. The van der Waals surface area contributed by atoms with Crippen molar-refractivity contribution in [3.63, 3.8) is 0 Å². The third-order valence-corrected chi connectivity index (χ3v) is 5.78. The van der Waals surface area contributed by atoms with Gasteiger partial charge in [-0.3, -0.25) is 14.4 Å². The molecule has 1 heterocycles. The number of carbonyl (C=O) groups excluding carboxylic acids is 4. The van der Waals surface area contributed by atoms with Gasteiger partial charge >= 0.3 is 5.97 Å². The number of esters is 1. The first-order chi connectivity index (χ1) is 14.4. The first kappa shape index (κ1) is 21.5. The van der Waals surface area contributed by atoms with Crippen LogP contribution in [0.3, 0.4) is 0 Å². The van der Waals surface area contributed by atoms with E-state index in [0.717, 1.165) is 29.7 Å². The van der Waals surface area contributed by atoms with Crippen LogP contribution in [0.1, 0.15) is 37.6 Å². The molecule has 1 aliphatic carbocycles. The van der Waals surface area contributed by atoms with Crippen molar-refractivity contribution >= 4 is 40.0 Å². The molecule has 1 aromatic carbocycles. The van der Waals surface area contributed by atoms with Gasteiger partial charge in [0.05, 0.1) is 12.2 Å². The first-order valence-electron chi connectivity index (χ1n) is 9.28. The molecular formula is C20H21N3O6S. The lowest BCUT2D eigenvalue weighted by Crippen LogP contribution is -2.45. The summed E-state index contributed by atoms with van der Waals surface area (Å²) in [7, 11) is 0. The lowest BCUT2D eigenvalue weighted by atomic mass is 10.1. The number of aliphatic hydroxyl groups is 1. The lowest BCUT2D eigenvalue weighted by Gasteiger charge is -2.15. The normalized spacial score (nSPS) is 13.2. The molecule has 10 heteroatoms. The summed E-state index contributed by atoms with van der Waals surface area (Å²) in [5.74, 6) is -2.79. The van der Waals surface area contributed by atoms with Gasteiger partial charge in [0.2, 0.25) is 0 Å². The number of nitrogens with one attached hydrogen (secondary N) is 2. The minimum absolute atomic E-state index is 0.301. The van der Waals surface area contributed by atoms with E-state index in [-0.39, 0.29) is 0 Å². The largest absolute Gasteiger partial charge is 0.454 e. The standard InChI is InChI=1S/C20H21N3O6S/c21-17(26)16-12-7-4-8-14(12)30-19(16)23-15(25)10-29-20(28)13(9-24)22-18(27)11-5-2-1-3-6-11/h1-3,5-6,13,24H,4,7-10H2,(H2,21,26)(H,22,27)(H,23,25). The lowest BCUT2D eigenvalue weighted by molar-refractivity contribution is -0.150. The highest BCUT2D eigenvalue weighted by Gasteiger charge is 2.27. The number of amides is 3. The van der Waals surface area contributed by atoms with Crippen molar-refractivity contribution in [1.29, 1.82) is 0 Å². The van der Waals surface area contributed by atoms with Gasteiger partial charge in [0, 0.05) is 10.4 Å². The maximum absolute atomic E-state index is 12.2. The Morgan fingerprint density at radius 3 is 2.57 bits per heavy atom. The van der Waals surface area contributed by atoms with Crippen molar-refractivity contribution < 1.29 is 29.0 Å². The Morgan fingerprint density at radius 1 is 1.17 bits per heavy atom. The van der Waals surface area contributed by atoms with Crippen molar-refractivity contribution in [3.05, 3.63) is 51.9 Å². The predicted molar refractivity (Wildman–Crippen MR) is 109 cm³/mol. The summed E-state index contributed by atoms with van der Waals surface area (Å²) in [6.07, 6.45) is 2.49. The average Bonchev–Trinajstić information content (AvgIpc) is 3.31. The summed E-state index contributed by atoms with van der Waals surface area (Å²) < 4.78 is 4.91. The van der Waals surface area contributed by atoms with Crippen molar-refractivity contribution in [3.8, 4) is 0 Å². The minimum Gasteiger partial charge on any atom is -0.454 e. The summed E-state index contributed by atoms with van der Waals surface area (Å²) in [4.78, 5) is 49.2. The molecule has 2 aromatic rings. The summed E-state index contributed by atoms with van der Waals surface area (Å²) in [6, 6.07) is 6.84. The molecule has 0 aliphatic heterocycles. The van der Waals surface area contributed by atoms with Gasteiger partial charge in [-0.2, -0.15) is 0 Å². The molecule has 5 N–H and O–H groups in total. The van der Waals surface area contributed by atoms with E-state index >= 15 is 0 Å². The van der Waals surface area contributed by atoms with Crippen LogP contribution in [0.4, 0.5) is 5.00 Å². The Morgan fingerprint density at radius 2 is 1.90 bits per heavy atom. The zero-order valence-electron chi connectivity index (χ0n) is 16.0. The Balaban J connectivity index is 1.56. The Labute approximate surface area is 176 Å². The van der Waals surface area contributed by atoms with Gasteiger partial charge in [-0.15, -0.1) is 11.3 Å². The highest BCUT2D eigenvalue weighted by molar-refractivity contribution is 7.17. The zero-order chi connectivity index (χ0) is 21.7. The molecule has 9 nitrogen and oxygen atoms in total. The third kappa shape index (κ3) is 4.84. The minimum atomic E-state index is -1.32. The Kier molecular flexibility index (Phi) is 6.80. The van der Waals surface area contributed by atoms with E-state index in [1.54, 1.807) is 30.3 Å². The zero-order valence-corrected chi connectivity index (χ0v) is 16.8. The molecule has 3 rings (SSSR count). The highest BCUT2D eigenvalue weighted by Crippen LogP contribution is 2.38. The van der Waals surface area contributed by atoms with Gasteiger partial charge in [0.25, 0.3) is 17.7 Å². The molecule has 3 amide bonds. The van der Waals surface area contributed by atoms with Gasteiger partial charge < -0.3 is 26.2 Å². The average molecular weight is 431 g/mol. The monoisotopic (exact) mass is 431 g/mol. The molecule has 0 bridgehead atoms. The summed E-state index contributed by atoms with van der Waals surface area (Å²) in [5, 5.41) is 14.6. The molecule has 0 saturated carbocycles. The number of thiophene rings is 1. The fraction of sp³-hybridized carbons (Fsp3) is 0.300. The van der Waals surface area contributed by atoms with Gasteiger partial charge in [0.1, 0.15) is 5.00 Å². The SMILES string of the molecule is NC(=O)c1c(NC(=O)COC(=O)C(CO)NC(=O)c2ccccc2)sc2c1CCC2. The number of nitrogens with two attached hydrogens (primary N) is 1. The fourth-order valence-electron chi connectivity index (χ4n) is 3.16. The molecular weight excluding hydrogens is 410 g/mol. The number of primary amides is 1. The van der Waals surface area contributed by atoms with E-state index in [2.05, 4.69) is 10.6 Å². The van der Waals surface area contributed by atoms with E-state index in [0.29, 0.717) is 16.1 Å². The molecule has 0 fully saturated rings. The van der Waals surface area contributed by atoms with E-state index in [4.69, 9.17) is 10.5 Å². The molecule has 1 unspecified atom stereocenters. The highest BCUT2D eigenvalue weighted by atomic mass is 32.1. The number of anilines is 1. The van der Waals surface area contributed by atoms with Crippen molar-refractivity contribution in [2.45, 2.75) is 25.3 Å². The van der Waals surface area contributed by atoms with E-state index < -0.39 is 42.9 Å². The summed E-state index contributed by atoms with van der Waals surface area (Å²) in [6.45, 7) is -1.33. The number of aryl methyl sites for hydroxylation is 1. The topological polar surface area (TPSA) is 148 Å². The molecule has 0 radical (unpaired) electrons. The molecule has 1 aromatic heterocycles. The van der Waals surface area contributed by atoms with E-state index in [1.807, 2.05) is 0 Å². The van der Waals surface area contributed by atoms with Crippen LogP contribution in [0, 0.1) is 0 Å². The quantitative estimate of drug-likeness (QED) is 0.450. The second kappa shape index (κ2) is 9.51.